The number of ether oxygens (including phenoxy) is 2. The Morgan fingerprint density at radius 3 is 2.82 bits per heavy atom. The molecule has 0 amide bonds. The average Bonchev–Trinajstić information content (AvgIpc) is 3.15. The third-order valence-corrected chi connectivity index (χ3v) is 6.56. The van der Waals surface area contributed by atoms with E-state index in [4.69, 9.17) is 15.2 Å². The van der Waals surface area contributed by atoms with Gasteiger partial charge in [-0.05, 0) is 51.0 Å². The predicted molar refractivity (Wildman–Crippen MR) is 129 cm³/mol. The summed E-state index contributed by atoms with van der Waals surface area (Å²) in [4.78, 5) is 16.7. The SMILES string of the molecule is CCn1c(CN)[n+](CC2CCOCC2)c2ccc(OCC(=O)CCc3nc(C)ccc3O)cc21. The molecule has 3 N–H and O–H groups in total. The molecule has 0 radical (unpaired) electrons. The topological polar surface area (TPSA) is 103 Å². The number of fused-ring (bicyclic) bond motifs is 1. The molecule has 1 aliphatic rings. The van der Waals surface area contributed by atoms with Gasteiger partial charge in [-0.2, -0.15) is 0 Å². The molecular weight excluding hydrogens is 432 g/mol. The van der Waals surface area contributed by atoms with Crippen LogP contribution in [0.3, 0.4) is 0 Å². The fourth-order valence-electron chi connectivity index (χ4n) is 4.71. The molecule has 8 nitrogen and oxygen atoms in total. The lowest BCUT2D eigenvalue weighted by molar-refractivity contribution is -0.687. The molecule has 3 heterocycles. The molecule has 182 valence electrons. The van der Waals surface area contributed by atoms with Crippen LogP contribution in [0.1, 0.15) is 43.4 Å². The number of rotatable bonds is 10. The summed E-state index contributed by atoms with van der Waals surface area (Å²) >= 11 is 0. The second-order valence-corrected chi connectivity index (χ2v) is 8.93. The number of carbonyl (C=O) groups is 1. The van der Waals surface area contributed by atoms with Gasteiger partial charge >= 0.3 is 0 Å². The van der Waals surface area contributed by atoms with Gasteiger partial charge in [-0.25, -0.2) is 9.13 Å². The van der Waals surface area contributed by atoms with Gasteiger partial charge in [0.25, 0.3) is 5.82 Å². The second-order valence-electron chi connectivity index (χ2n) is 8.93. The van der Waals surface area contributed by atoms with Crippen LogP contribution in [0.2, 0.25) is 0 Å². The van der Waals surface area contributed by atoms with Gasteiger partial charge in [0.15, 0.2) is 16.8 Å². The van der Waals surface area contributed by atoms with Gasteiger partial charge in [0.1, 0.15) is 18.1 Å². The van der Waals surface area contributed by atoms with Crippen LogP contribution in [0.15, 0.2) is 30.3 Å². The summed E-state index contributed by atoms with van der Waals surface area (Å²) < 4.78 is 15.9. The number of ketones is 1. The Bertz CT molecular complexity index is 1150. The number of pyridine rings is 1. The van der Waals surface area contributed by atoms with Crippen LogP contribution in [0.5, 0.6) is 11.5 Å². The molecule has 3 aromatic rings. The number of nitrogens with two attached hydrogens (primary N) is 1. The van der Waals surface area contributed by atoms with E-state index in [-0.39, 0.29) is 24.6 Å². The number of hydrogen-bond acceptors (Lipinski definition) is 6. The van der Waals surface area contributed by atoms with Gasteiger partial charge in [0.2, 0.25) is 0 Å². The smallest absolute Gasteiger partial charge is 0.271 e. The number of aromatic nitrogens is 3. The third kappa shape index (κ3) is 5.39. The van der Waals surface area contributed by atoms with Gasteiger partial charge in [0, 0.05) is 43.7 Å². The molecule has 1 aliphatic heterocycles. The molecule has 0 atom stereocenters. The zero-order chi connectivity index (χ0) is 24.1. The van der Waals surface area contributed by atoms with Crippen LogP contribution in [-0.2, 0) is 35.6 Å². The highest BCUT2D eigenvalue weighted by Crippen LogP contribution is 2.24. The summed E-state index contributed by atoms with van der Waals surface area (Å²) in [6.07, 6.45) is 2.78. The van der Waals surface area contributed by atoms with Crippen molar-refractivity contribution in [2.45, 2.75) is 59.2 Å². The lowest BCUT2D eigenvalue weighted by Crippen LogP contribution is -2.43. The van der Waals surface area contributed by atoms with E-state index in [2.05, 4.69) is 27.1 Å². The zero-order valence-corrected chi connectivity index (χ0v) is 20.1. The number of Topliss-reactive ketones (excluding diaryl/α,β-unsaturated/α-hetero) is 1. The molecule has 1 fully saturated rings. The Morgan fingerprint density at radius 2 is 2.09 bits per heavy atom. The van der Waals surface area contributed by atoms with Crippen molar-refractivity contribution >= 4 is 16.8 Å². The van der Waals surface area contributed by atoms with Crippen molar-refractivity contribution in [2.75, 3.05) is 19.8 Å². The molecule has 1 saturated heterocycles. The minimum Gasteiger partial charge on any atom is -0.506 e. The second kappa shape index (κ2) is 11.0. The minimum atomic E-state index is -0.0362. The standard InChI is InChI=1S/C26H34N4O4/c1-3-29-24-14-21(34-17-20(31)5-7-22-25(32)9-4-18(2)28-22)6-8-23(24)30(26(29)15-27)16-19-10-12-33-13-11-19/h4,6,8-9,14,19H,3,5,7,10-13,15-17,27H2,1-2H3/p+1. The maximum absolute atomic E-state index is 12.4. The first-order valence-electron chi connectivity index (χ1n) is 12.1. The van der Waals surface area contributed by atoms with E-state index in [0.29, 0.717) is 30.3 Å². The van der Waals surface area contributed by atoms with Gasteiger partial charge in [-0.3, -0.25) is 9.78 Å². The number of aromatic hydroxyl groups is 1. The highest BCUT2D eigenvalue weighted by Gasteiger charge is 2.27. The summed E-state index contributed by atoms with van der Waals surface area (Å²) in [6.45, 7) is 7.79. The summed E-state index contributed by atoms with van der Waals surface area (Å²) in [5.74, 6) is 2.42. The molecule has 0 bridgehead atoms. The van der Waals surface area contributed by atoms with Crippen molar-refractivity contribution in [3.8, 4) is 11.5 Å². The van der Waals surface area contributed by atoms with Crippen LogP contribution in [0.25, 0.3) is 11.0 Å². The minimum absolute atomic E-state index is 0.0171. The fraction of sp³-hybridized carbons (Fsp3) is 0.500. The Labute approximate surface area is 200 Å². The highest BCUT2D eigenvalue weighted by molar-refractivity contribution is 5.80. The molecule has 0 unspecified atom stereocenters. The molecule has 4 rings (SSSR count). The van der Waals surface area contributed by atoms with Crippen molar-refractivity contribution in [2.24, 2.45) is 11.7 Å². The Hall–Kier alpha value is -2.97. The summed E-state index contributed by atoms with van der Waals surface area (Å²) in [5.41, 5.74) is 9.72. The lowest BCUT2D eigenvalue weighted by Gasteiger charge is -2.20. The maximum atomic E-state index is 12.4. The number of aryl methyl sites for hydroxylation is 3. The zero-order valence-electron chi connectivity index (χ0n) is 20.1. The van der Waals surface area contributed by atoms with Gasteiger partial charge in [-0.1, -0.05) is 0 Å². The average molecular weight is 468 g/mol. The summed E-state index contributed by atoms with van der Waals surface area (Å²) in [7, 11) is 0. The fourth-order valence-corrected chi connectivity index (χ4v) is 4.71. The van der Waals surface area contributed by atoms with Gasteiger partial charge in [0.05, 0.1) is 25.3 Å². The molecule has 0 aliphatic carbocycles. The Balaban J connectivity index is 1.46. The van der Waals surface area contributed by atoms with Crippen molar-refractivity contribution in [3.05, 3.63) is 47.5 Å². The van der Waals surface area contributed by atoms with E-state index < -0.39 is 0 Å². The lowest BCUT2D eigenvalue weighted by atomic mass is 10.0. The number of benzene rings is 1. The third-order valence-electron chi connectivity index (χ3n) is 6.56. The van der Waals surface area contributed by atoms with Crippen LogP contribution in [0, 0.1) is 12.8 Å². The number of nitrogens with zero attached hydrogens (tertiary/aromatic N) is 3. The summed E-state index contributed by atoms with van der Waals surface area (Å²) in [5, 5.41) is 9.93. The van der Waals surface area contributed by atoms with Gasteiger partial charge < -0.3 is 20.3 Å². The quantitative estimate of drug-likeness (QED) is 0.445. The van der Waals surface area contributed by atoms with Crippen LogP contribution in [-0.4, -0.2) is 40.3 Å². The monoisotopic (exact) mass is 467 g/mol. The number of hydrogen-bond donors (Lipinski definition) is 2. The largest absolute Gasteiger partial charge is 0.506 e. The first kappa shape index (κ1) is 24.2. The number of carbonyl (C=O) groups excluding carboxylic acids is 1. The molecule has 8 heteroatoms. The highest BCUT2D eigenvalue weighted by atomic mass is 16.5. The van der Waals surface area contributed by atoms with Crippen molar-refractivity contribution in [1.82, 2.24) is 9.55 Å². The normalized spacial score (nSPS) is 14.6. The van der Waals surface area contributed by atoms with E-state index in [1.165, 1.54) is 0 Å². The van der Waals surface area contributed by atoms with E-state index in [1.54, 1.807) is 12.1 Å². The molecule has 0 spiro atoms. The Kier molecular flexibility index (Phi) is 7.80. The van der Waals surface area contributed by atoms with Crippen LogP contribution < -0.4 is 15.0 Å². The first-order valence-corrected chi connectivity index (χ1v) is 12.1. The van der Waals surface area contributed by atoms with Crippen molar-refractivity contribution < 1.29 is 23.9 Å². The maximum Gasteiger partial charge on any atom is 0.271 e. The van der Waals surface area contributed by atoms with E-state index >= 15 is 0 Å². The molecule has 1 aromatic carbocycles. The Morgan fingerprint density at radius 1 is 1.29 bits per heavy atom. The van der Waals surface area contributed by atoms with Gasteiger partial charge in [-0.15, -0.1) is 0 Å². The van der Waals surface area contributed by atoms with E-state index in [1.807, 2.05) is 19.1 Å². The molecule has 2 aromatic heterocycles. The van der Waals surface area contributed by atoms with E-state index in [0.717, 1.165) is 61.7 Å². The first-order chi connectivity index (χ1) is 16.5. The predicted octanol–water partition coefficient (Wildman–Crippen LogP) is 2.82. The summed E-state index contributed by atoms with van der Waals surface area (Å²) in [6, 6.07) is 9.34. The van der Waals surface area contributed by atoms with E-state index in [9.17, 15) is 9.90 Å². The molecule has 0 saturated carbocycles. The molecule has 34 heavy (non-hydrogen) atoms. The van der Waals surface area contributed by atoms with Crippen LogP contribution >= 0.6 is 0 Å². The molecular formula is C26H35N4O4+. The van der Waals surface area contributed by atoms with Crippen molar-refractivity contribution in [3.63, 3.8) is 0 Å². The van der Waals surface area contributed by atoms with Crippen molar-refractivity contribution in [1.29, 1.82) is 0 Å². The number of imidazole rings is 1. The van der Waals surface area contributed by atoms with Crippen LogP contribution in [0.4, 0.5) is 0 Å².